The standard InChI is InChI=1S/C14H23N3O2/c1-4-17(5-2)10-9-16-14(3,13(18)19)12-7-6-8-15-11-12/h6-8,11,16H,4-5,9-10H2,1-3H3,(H,18,19). The first-order chi connectivity index (χ1) is 9.04. The number of carboxylic acids is 1. The maximum absolute atomic E-state index is 11.5. The summed E-state index contributed by atoms with van der Waals surface area (Å²) < 4.78 is 0. The zero-order valence-electron chi connectivity index (χ0n) is 11.9. The van der Waals surface area contributed by atoms with Crippen LogP contribution in [0.4, 0.5) is 0 Å². The third-order valence-corrected chi connectivity index (χ3v) is 3.47. The van der Waals surface area contributed by atoms with Crippen molar-refractivity contribution in [2.24, 2.45) is 0 Å². The Morgan fingerprint density at radius 2 is 2.16 bits per heavy atom. The lowest BCUT2D eigenvalue weighted by Crippen LogP contribution is -2.49. The van der Waals surface area contributed by atoms with Crippen LogP contribution in [0, 0.1) is 0 Å². The molecule has 19 heavy (non-hydrogen) atoms. The fourth-order valence-electron chi connectivity index (χ4n) is 1.96. The molecule has 1 rings (SSSR count). The molecular formula is C14H23N3O2. The topological polar surface area (TPSA) is 65.5 Å². The molecule has 1 aromatic heterocycles. The third-order valence-electron chi connectivity index (χ3n) is 3.47. The first kappa shape index (κ1) is 15.6. The van der Waals surface area contributed by atoms with Gasteiger partial charge in [-0.05, 0) is 26.1 Å². The molecule has 1 aromatic rings. The van der Waals surface area contributed by atoms with Crippen molar-refractivity contribution in [3.8, 4) is 0 Å². The van der Waals surface area contributed by atoms with Crippen LogP contribution in [0.2, 0.25) is 0 Å². The zero-order valence-corrected chi connectivity index (χ0v) is 11.9. The number of aliphatic carboxylic acids is 1. The van der Waals surface area contributed by atoms with E-state index >= 15 is 0 Å². The van der Waals surface area contributed by atoms with Crippen molar-refractivity contribution in [3.05, 3.63) is 30.1 Å². The fraction of sp³-hybridized carbons (Fsp3) is 0.571. The molecule has 0 saturated carbocycles. The van der Waals surface area contributed by atoms with Crippen LogP contribution in [-0.2, 0) is 10.3 Å². The number of carboxylic acid groups (broad SMARTS) is 1. The molecule has 0 amide bonds. The van der Waals surface area contributed by atoms with Gasteiger partial charge in [-0.1, -0.05) is 19.9 Å². The van der Waals surface area contributed by atoms with Crippen LogP contribution in [0.3, 0.4) is 0 Å². The second kappa shape index (κ2) is 7.21. The summed E-state index contributed by atoms with van der Waals surface area (Å²) in [5, 5.41) is 12.6. The Balaban J connectivity index is 2.71. The number of nitrogens with one attached hydrogen (secondary N) is 1. The van der Waals surface area contributed by atoms with Gasteiger partial charge in [0.1, 0.15) is 5.54 Å². The smallest absolute Gasteiger partial charge is 0.328 e. The molecule has 0 spiro atoms. The van der Waals surface area contributed by atoms with Gasteiger partial charge in [0.15, 0.2) is 0 Å². The van der Waals surface area contributed by atoms with Crippen molar-refractivity contribution in [3.63, 3.8) is 0 Å². The Morgan fingerprint density at radius 1 is 1.47 bits per heavy atom. The molecule has 1 unspecified atom stereocenters. The summed E-state index contributed by atoms with van der Waals surface area (Å²) in [6.45, 7) is 9.26. The van der Waals surface area contributed by atoms with E-state index in [1.54, 1.807) is 31.5 Å². The molecule has 1 heterocycles. The van der Waals surface area contributed by atoms with Crippen molar-refractivity contribution in [2.75, 3.05) is 26.2 Å². The van der Waals surface area contributed by atoms with Crippen LogP contribution in [0.25, 0.3) is 0 Å². The predicted octanol–water partition coefficient (Wildman–Crippen LogP) is 1.31. The zero-order chi connectivity index (χ0) is 14.3. The van der Waals surface area contributed by atoms with Crippen LogP contribution in [0.5, 0.6) is 0 Å². The number of pyridine rings is 1. The molecule has 0 aliphatic heterocycles. The fourth-order valence-corrected chi connectivity index (χ4v) is 1.96. The van der Waals surface area contributed by atoms with E-state index in [1.807, 2.05) is 0 Å². The van der Waals surface area contributed by atoms with E-state index in [0.29, 0.717) is 12.1 Å². The van der Waals surface area contributed by atoms with Crippen molar-refractivity contribution < 1.29 is 9.90 Å². The van der Waals surface area contributed by atoms with Crippen LogP contribution in [-0.4, -0.2) is 47.1 Å². The Kier molecular flexibility index (Phi) is 5.92. The van der Waals surface area contributed by atoms with Gasteiger partial charge < -0.3 is 10.0 Å². The first-order valence-corrected chi connectivity index (χ1v) is 6.65. The minimum Gasteiger partial charge on any atom is -0.480 e. The Morgan fingerprint density at radius 3 is 2.63 bits per heavy atom. The lowest BCUT2D eigenvalue weighted by atomic mass is 9.93. The van der Waals surface area contributed by atoms with Gasteiger partial charge in [0, 0.05) is 31.0 Å². The van der Waals surface area contributed by atoms with Gasteiger partial charge in [0.25, 0.3) is 0 Å². The highest BCUT2D eigenvalue weighted by atomic mass is 16.4. The van der Waals surface area contributed by atoms with Crippen molar-refractivity contribution in [2.45, 2.75) is 26.3 Å². The van der Waals surface area contributed by atoms with Gasteiger partial charge in [-0.25, -0.2) is 4.79 Å². The number of likely N-dealkylation sites (N-methyl/N-ethyl adjacent to an activating group) is 1. The highest BCUT2D eigenvalue weighted by Crippen LogP contribution is 2.19. The average molecular weight is 265 g/mol. The predicted molar refractivity (Wildman–Crippen MR) is 75.0 cm³/mol. The molecule has 0 aliphatic carbocycles. The molecule has 5 nitrogen and oxygen atoms in total. The van der Waals surface area contributed by atoms with Crippen LogP contribution >= 0.6 is 0 Å². The quantitative estimate of drug-likeness (QED) is 0.742. The van der Waals surface area contributed by atoms with Gasteiger partial charge in [0.2, 0.25) is 0 Å². The number of carbonyl (C=O) groups is 1. The second-order valence-electron chi connectivity index (χ2n) is 4.63. The summed E-state index contributed by atoms with van der Waals surface area (Å²) in [7, 11) is 0. The summed E-state index contributed by atoms with van der Waals surface area (Å²) in [6.07, 6.45) is 3.24. The summed E-state index contributed by atoms with van der Waals surface area (Å²) >= 11 is 0. The largest absolute Gasteiger partial charge is 0.480 e. The van der Waals surface area contributed by atoms with E-state index in [1.165, 1.54) is 0 Å². The number of aromatic nitrogens is 1. The van der Waals surface area contributed by atoms with Gasteiger partial charge in [-0.15, -0.1) is 0 Å². The molecule has 0 radical (unpaired) electrons. The van der Waals surface area contributed by atoms with E-state index < -0.39 is 11.5 Å². The Labute approximate surface area is 114 Å². The first-order valence-electron chi connectivity index (χ1n) is 6.65. The van der Waals surface area contributed by atoms with Crippen molar-refractivity contribution >= 4 is 5.97 Å². The van der Waals surface area contributed by atoms with E-state index in [-0.39, 0.29) is 0 Å². The van der Waals surface area contributed by atoms with E-state index in [0.717, 1.165) is 19.6 Å². The van der Waals surface area contributed by atoms with Crippen molar-refractivity contribution in [1.29, 1.82) is 0 Å². The summed E-state index contributed by atoms with van der Waals surface area (Å²) in [4.78, 5) is 17.8. The normalized spacial score (nSPS) is 14.3. The monoisotopic (exact) mass is 265 g/mol. The van der Waals surface area contributed by atoms with Crippen molar-refractivity contribution in [1.82, 2.24) is 15.2 Å². The minimum atomic E-state index is -1.10. The second-order valence-corrected chi connectivity index (χ2v) is 4.63. The summed E-state index contributed by atoms with van der Waals surface area (Å²) in [5.74, 6) is -0.889. The maximum Gasteiger partial charge on any atom is 0.328 e. The maximum atomic E-state index is 11.5. The highest BCUT2D eigenvalue weighted by molar-refractivity contribution is 5.80. The van der Waals surface area contributed by atoms with Crippen LogP contribution in [0.1, 0.15) is 26.3 Å². The number of hydrogen-bond donors (Lipinski definition) is 2. The molecule has 0 fully saturated rings. The third kappa shape index (κ3) is 4.01. The number of rotatable bonds is 8. The van der Waals surface area contributed by atoms with E-state index in [2.05, 4.69) is 29.0 Å². The SMILES string of the molecule is CCN(CC)CCNC(C)(C(=O)O)c1cccnc1. The summed E-state index contributed by atoms with van der Waals surface area (Å²) in [6, 6.07) is 3.54. The van der Waals surface area contributed by atoms with Gasteiger partial charge in [0.05, 0.1) is 0 Å². The lowest BCUT2D eigenvalue weighted by molar-refractivity contribution is -0.144. The molecule has 0 bridgehead atoms. The van der Waals surface area contributed by atoms with Gasteiger partial charge in [-0.3, -0.25) is 10.3 Å². The minimum absolute atomic E-state index is 0.624. The molecular weight excluding hydrogens is 242 g/mol. The van der Waals surface area contributed by atoms with Gasteiger partial charge >= 0.3 is 5.97 Å². The molecule has 0 aromatic carbocycles. The van der Waals surface area contributed by atoms with Gasteiger partial charge in [-0.2, -0.15) is 0 Å². The molecule has 0 aliphatic rings. The Bertz CT molecular complexity index is 393. The molecule has 1 atom stereocenters. The highest BCUT2D eigenvalue weighted by Gasteiger charge is 2.34. The summed E-state index contributed by atoms with van der Waals surface area (Å²) in [5.41, 5.74) is -0.427. The van der Waals surface area contributed by atoms with Crippen LogP contribution < -0.4 is 5.32 Å². The molecule has 5 heteroatoms. The molecule has 0 saturated heterocycles. The lowest BCUT2D eigenvalue weighted by Gasteiger charge is -2.28. The van der Waals surface area contributed by atoms with E-state index in [9.17, 15) is 9.90 Å². The Hall–Kier alpha value is -1.46. The molecule has 2 N–H and O–H groups in total. The molecule has 106 valence electrons. The number of hydrogen-bond acceptors (Lipinski definition) is 4. The number of nitrogens with zero attached hydrogens (tertiary/aromatic N) is 2. The van der Waals surface area contributed by atoms with E-state index in [4.69, 9.17) is 0 Å². The van der Waals surface area contributed by atoms with Crippen LogP contribution in [0.15, 0.2) is 24.5 Å². The average Bonchev–Trinajstić information content (AvgIpc) is 2.44.